The van der Waals surface area contributed by atoms with Crippen molar-refractivity contribution in [2.24, 2.45) is 5.16 Å². The van der Waals surface area contributed by atoms with Crippen molar-refractivity contribution in [2.45, 2.75) is 51.7 Å². The second-order valence-electron chi connectivity index (χ2n) is 6.85. The van der Waals surface area contributed by atoms with E-state index in [0.717, 1.165) is 61.8 Å². The molecule has 25 heavy (non-hydrogen) atoms. The number of anilines is 1. The number of aromatic nitrogens is 2. The Morgan fingerprint density at radius 1 is 1.32 bits per heavy atom. The summed E-state index contributed by atoms with van der Waals surface area (Å²) in [6.07, 6.45) is 4.43. The Morgan fingerprint density at radius 2 is 2.16 bits per heavy atom. The molecule has 2 aliphatic heterocycles. The quantitative estimate of drug-likeness (QED) is 0.889. The van der Waals surface area contributed by atoms with Gasteiger partial charge in [0.15, 0.2) is 0 Å². The molecule has 7 heteroatoms. The average Bonchev–Trinajstić information content (AvgIpc) is 3.28. The van der Waals surface area contributed by atoms with E-state index in [0.29, 0.717) is 6.04 Å². The molecule has 0 spiro atoms. The molecule has 2 aliphatic rings. The fourth-order valence-corrected chi connectivity index (χ4v) is 4.39. The first-order chi connectivity index (χ1) is 12.2. The molecule has 4 heterocycles. The molecule has 0 radical (unpaired) electrons. The topological polar surface area (TPSA) is 62.6 Å². The van der Waals surface area contributed by atoms with Gasteiger partial charge in [-0.15, -0.1) is 11.3 Å². The molecule has 0 aliphatic carbocycles. The second-order valence-corrected chi connectivity index (χ2v) is 7.74. The average molecular weight is 359 g/mol. The molecule has 1 unspecified atom stereocenters. The van der Waals surface area contributed by atoms with Gasteiger partial charge in [0, 0.05) is 32.1 Å². The van der Waals surface area contributed by atoms with E-state index >= 15 is 0 Å². The Balaban J connectivity index is 1.32. The van der Waals surface area contributed by atoms with Crippen LogP contribution >= 0.6 is 11.3 Å². The summed E-state index contributed by atoms with van der Waals surface area (Å²) >= 11 is 1.69. The lowest BCUT2D eigenvalue weighted by Gasteiger charge is -2.34. The first-order valence-electron chi connectivity index (χ1n) is 9.14. The molecule has 1 fully saturated rings. The van der Waals surface area contributed by atoms with Gasteiger partial charge in [-0.2, -0.15) is 0 Å². The predicted octanol–water partition coefficient (Wildman–Crippen LogP) is 3.11. The van der Waals surface area contributed by atoms with Crippen LogP contribution in [0.1, 0.15) is 38.4 Å². The molecule has 1 atom stereocenters. The largest absolute Gasteiger partial charge is 0.391 e. The third kappa shape index (κ3) is 3.62. The van der Waals surface area contributed by atoms with Crippen LogP contribution in [0.2, 0.25) is 0 Å². The summed E-state index contributed by atoms with van der Waals surface area (Å²) in [5.41, 5.74) is 1.18. The number of hydrogen-bond acceptors (Lipinski definition) is 7. The number of rotatable bonds is 5. The van der Waals surface area contributed by atoms with E-state index in [2.05, 4.69) is 38.7 Å². The van der Waals surface area contributed by atoms with Crippen LogP contribution in [0.25, 0.3) is 10.2 Å². The molecule has 0 aromatic carbocycles. The minimum atomic E-state index is 0.211. The molecule has 134 valence electrons. The SMILES string of the molecule is CCC1=NOC(CNC2CCN(c3nc(C)nc4sccc34)CC2)C1. The lowest BCUT2D eigenvalue weighted by atomic mass is 10.0. The maximum atomic E-state index is 5.49. The van der Waals surface area contributed by atoms with Gasteiger partial charge in [-0.3, -0.25) is 0 Å². The maximum absolute atomic E-state index is 5.49. The van der Waals surface area contributed by atoms with Gasteiger partial charge >= 0.3 is 0 Å². The van der Waals surface area contributed by atoms with E-state index < -0.39 is 0 Å². The third-order valence-corrected chi connectivity index (χ3v) is 5.85. The number of nitrogens with one attached hydrogen (secondary N) is 1. The van der Waals surface area contributed by atoms with Crippen molar-refractivity contribution in [1.29, 1.82) is 0 Å². The third-order valence-electron chi connectivity index (χ3n) is 5.05. The zero-order valence-corrected chi connectivity index (χ0v) is 15.7. The molecule has 0 amide bonds. The van der Waals surface area contributed by atoms with Gasteiger partial charge in [0.2, 0.25) is 0 Å². The van der Waals surface area contributed by atoms with Crippen molar-refractivity contribution < 1.29 is 4.84 Å². The number of thiophene rings is 1. The molecule has 4 rings (SSSR count). The lowest BCUT2D eigenvalue weighted by Crippen LogP contribution is -2.45. The zero-order valence-electron chi connectivity index (χ0n) is 14.9. The summed E-state index contributed by atoms with van der Waals surface area (Å²) < 4.78 is 0. The highest BCUT2D eigenvalue weighted by molar-refractivity contribution is 7.16. The van der Waals surface area contributed by atoms with Crippen LogP contribution in [-0.4, -0.2) is 47.5 Å². The smallest absolute Gasteiger partial charge is 0.145 e. The van der Waals surface area contributed by atoms with Crippen molar-refractivity contribution in [2.75, 3.05) is 24.5 Å². The van der Waals surface area contributed by atoms with Gasteiger partial charge in [-0.25, -0.2) is 9.97 Å². The van der Waals surface area contributed by atoms with Crippen LogP contribution in [-0.2, 0) is 4.84 Å². The highest BCUT2D eigenvalue weighted by Crippen LogP contribution is 2.29. The fraction of sp³-hybridized carbons (Fsp3) is 0.611. The summed E-state index contributed by atoms with van der Waals surface area (Å²) in [5, 5.41) is 11.1. The molecule has 2 aromatic rings. The minimum absolute atomic E-state index is 0.211. The normalized spacial score (nSPS) is 21.6. The monoisotopic (exact) mass is 359 g/mol. The van der Waals surface area contributed by atoms with E-state index in [1.807, 2.05) is 6.92 Å². The number of aryl methyl sites for hydroxylation is 1. The van der Waals surface area contributed by atoms with Crippen LogP contribution < -0.4 is 10.2 Å². The van der Waals surface area contributed by atoms with E-state index in [1.54, 1.807) is 11.3 Å². The first kappa shape index (κ1) is 16.7. The van der Waals surface area contributed by atoms with Crippen LogP contribution in [0.15, 0.2) is 16.6 Å². The summed E-state index contributed by atoms with van der Waals surface area (Å²) in [4.78, 5) is 18.2. The van der Waals surface area contributed by atoms with Crippen molar-refractivity contribution in [1.82, 2.24) is 15.3 Å². The van der Waals surface area contributed by atoms with Crippen molar-refractivity contribution in [3.63, 3.8) is 0 Å². The Labute approximate surface area is 152 Å². The number of piperidine rings is 1. The number of fused-ring (bicyclic) bond motifs is 1. The van der Waals surface area contributed by atoms with Crippen LogP contribution in [0.3, 0.4) is 0 Å². The maximum Gasteiger partial charge on any atom is 0.145 e. The molecule has 0 bridgehead atoms. The molecule has 6 nitrogen and oxygen atoms in total. The highest BCUT2D eigenvalue weighted by atomic mass is 32.1. The van der Waals surface area contributed by atoms with Crippen molar-refractivity contribution in [3.05, 3.63) is 17.3 Å². The van der Waals surface area contributed by atoms with Crippen molar-refractivity contribution >= 4 is 33.1 Å². The standard InChI is InChI=1S/C18H25N5OS/c1-3-13-10-15(24-22-13)11-19-14-4-7-23(8-5-14)17-16-6-9-25-18(16)21-12(2)20-17/h6,9,14-15,19H,3-5,7-8,10-11H2,1-2H3. The minimum Gasteiger partial charge on any atom is -0.391 e. The Hall–Kier alpha value is -1.73. The van der Waals surface area contributed by atoms with E-state index in [1.165, 1.54) is 11.1 Å². The number of hydrogen-bond donors (Lipinski definition) is 1. The van der Waals surface area contributed by atoms with Crippen molar-refractivity contribution in [3.8, 4) is 0 Å². The summed E-state index contributed by atoms with van der Waals surface area (Å²) in [6, 6.07) is 2.69. The Bertz CT molecular complexity index is 766. The fourth-order valence-electron chi connectivity index (χ4n) is 3.58. The predicted molar refractivity (Wildman–Crippen MR) is 103 cm³/mol. The van der Waals surface area contributed by atoms with Crippen LogP contribution in [0.5, 0.6) is 0 Å². The molecule has 1 N–H and O–H groups in total. The molecule has 1 saturated heterocycles. The van der Waals surface area contributed by atoms with E-state index in [9.17, 15) is 0 Å². The zero-order chi connectivity index (χ0) is 17.2. The molecule has 0 saturated carbocycles. The van der Waals surface area contributed by atoms with E-state index in [4.69, 9.17) is 9.82 Å². The number of oxime groups is 1. The Morgan fingerprint density at radius 3 is 2.92 bits per heavy atom. The van der Waals surface area contributed by atoms with Gasteiger partial charge in [-0.05, 0) is 37.6 Å². The second kappa shape index (κ2) is 7.25. The lowest BCUT2D eigenvalue weighted by molar-refractivity contribution is 0.0818. The summed E-state index contributed by atoms with van der Waals surface area (Å²) in [6.45, 7) is 7.06. The van der Waals surface area contributed by atoms with Crippen LogP contribution in [0, 0.1) is 6.92 Å². The summed E-state index contributed by atoms with van der Waals surface area (Å²) in [5.74, 6) is 1.96. The van der Waals surface area contributed by atoms with Crippen LogP contribution in [0.4, 0.5) is 5.82 Å². The summed E-state index contributed by atoms with van der Waals surface area (Å²) in [7, 11) is 0. The van der Waals surface area contributed by atoms with Gasteiger partial charge in [0.1, 0.15) is 22.6 Å². The van der Waals surface area contributed by atoms with Gasteiger partial charge in [-0.1, -0.05) is 12.1 Å². The highest BCUT2D eigenvalue weighted by Gasteiger charge is 2.25. The number of nitrogens with zero attached hydrogens (tertiary/aromatic N) is 4. The molecular weight excluding hydrogens is 334 g/mol. The Kier molecular flexibility index (Phi) is 4.85. The molecular formula is C18H25N5OS. The van der Waals surface area contributed by atoms with E-state index in [-0.39, 0.29) is 6.10 Å². The first-order valence-corrected chi connectivity index (χ1v) is 10.0. The van der Waals surface area contributed by atoms with Gasteiger partial charge in [0.25, 0.3) is 0 Å². The molecule has 2 aromatic heterocycles. The van der Waals surface area contributed by atoms with Gasteiger partial charge < -0.3 is 15.1 Å². The van der Waals surface area contributed by atoms with Gasteiger partial charge in [0.05, 0.1) is 11.1 Å².